The molecule has 0 saturated carbocycles. The van der Waals surface area contributed by atoms with Gasteiger partial charge >= 0.3 is 0 Å². The molecule has 1 aromatic carbocycles. The summed E-state index contributed by atoms with van der Waals surface area (Å²) in [6.07, 6.45) is 1.16. The Bertz CT molecular complexity index is 350. The maximum atomic E-state index is 9.42. The first-order valence-corrected chi connectivity index (χ1v) is 7.42. The molecule has 0 spiro atoms. The lowest BCUT2D eigenvalue weighted by Gasteiger charge is -2.27. The van der Waals surface area contributed by atoms with Gasteiger partial charge in [0.25, 0.3) is 0 Å². The Balaban J connectivity index is 2.58. The zero-order valence-electron chi connectivity index (χ0n) is 12.6. The predicted molar refractivity (Wildman–Crippen MR) is 82.7 cm³/mol. The van der Waals surface area contributed by atoms with Crippen LogP contribution >= 0.6 is 0 Å². The number of para-hydroxylation sites is 1. The van der Waals surface area contributed by atoms with Gasteiger partial charge in [-0.3, -0.25) is 0 Å². The fourth-order valence-electron chi connectivity index (χ4n) is 2.43. The highest BCUT2D eigenvalue weighted by atomic mass is 16.3. The van der Waals surface area contributed by atoms with E-state index in [9.17, 15) is 5.11 Å². The minimum absolute atomic E-state index is 0.114. The molecule has 0 aliphatic carbocycles. The summed E-state index contributed by atoms with van der Waals surface area (Å²) in [5, 5.41) is 9.42. The molecule has 0 aliphatic rings. The standard InChI is InChI=1S/C16H28N2O/c1-4-17(5-2)12-9-13-18(6-3)16-11-8-7-10-15(16)14-19/h7-8,10-11,19H,4-6,9,12-14H2,1-3H3. The van der Waals surface area contributed by atoms with Crippen LogP contribution in [0.1, 0.15) is 32.8 Å². The van der Waals surface area contributed by atoms with Gasteiger partial charge in [0.2, 0.25) is 0 Å². The molecule has 19 heavy (non-hydrogen) atoms. The first-order valence-electron chi connectivity index (χ1n) is 7.42. The van der Waals surface area contributed by atoms with Crippen LogP contribution < -0.4 is 4.90 Å². The van der Waals surface area contributed by atoms with E-state index in [2.05, 4.69) is 36.6 Å². The quantitative estimate of drug-likeness (QED) is 0.743. The van der Waals surface area contributed by atoms with E-state index in [0.29, 0.717) is 0 Å². The number of aliphatic hydroxyl groups excluding tert-OH is 1. The van der Waals surface area contributed by atoms with E-state index < -0.39 is 0 Å². The topological polar surface area (TPSA) is 26.7 Å². The Morgan fingerprint density at radius 1 is 0.947 bits per heavy atom. The van der Waals surface area contributed by atoms with Gasteiger partial charge in [0.15, 0.2) is 0 Å². The molecule has 0 amide bonds. The molecule has 1 N–H and O–H groups in total. The lowest BCUT2D eigenvalue weighted by molar-refractivity contribution is 0.281. The molecule has 0 atom stereocenters. The van der Waals surface area contributed by atoms with E-state index in [-0.39, 0.29) is 6.61 Å². The molecule has 108 valence electrons. The van der Waals surface area contributed by atoms with E-state index in [0.717, 1.165) is 44.7 Å². The van der Waals surface area contributed by atoms with Gasteiger partial charge in [-0.15, -0.1) is 0 Å². The van der Waals surface area contributed by atoms with Crippen molar-refractivity contribution in [1.29, 1.82) is 0 Å². The molecule has 3 nitrogen and oxygen atoms in total. The highest BCUT2D eigenvalue weighted by Crippen LogP contribution is 2.20. The van der Waals surface area contributed by atoms with Crippen molar-refractivity contribution in [2.24, 2.45) is 0 Å². The van der Waals surface area contributed by atoms with E-state index in [1.54, 1.807) is 0 Å². The largest absolute Gasteiger partial charge is 0.392 e. The lowest BCUT2D eigenvalue weighted by Crippen LogP contribution is -2.30. The second-order valence-electron chi connectivity index (χ2n) is 4.75. The van der Waals surface area contributed by atoms with Crippen LogP contribution in [-0.4, -0.2) is 42.7 Å². The molecule has 0 saturated heterocycles. The smallest absolute Gasteiger partial charge is 0.0702 e. The van der Waals surface area contributed by atoms with Crippen LogP contribution in [0.5, 0.6) is 0 Å². The molecule has 3 heteroatoms. The Morgan fingerprint density at radius 2 is 1.63 bits per heavy atom. The molecule has 0 unspecified atom stereocenters. The van der Waals surface area contributed by atoms with Gasteiger partial charge in [-0.25, -0.2) is 0 Å². The van der Waals surface area contributed by atoms with Crippen molar-refractivity contribution in [1.82, 2.24) is 4.90 Å². The molecule has 0 bridgehead atoms. The van der Waals surface area contributed by atoms with Crippen LogP contribution in [0, 0.1) is 0 Å². The predicted octanol–water partition coefficient (Wildman–Crippen LogP) is 2.74. The van der Waals surface area contributed by atoms with Crippen molar-refractivity contribution >= 4 is 5.69 Å². The van der Waals surface area contributed by atoms with E-state index in [4.69, 9.17) is 0 Å². The molecule has 1 aromatic rings. The Kier molecular flexibility index (Phi) is 7.53. The van der Waals surface area contributed by atoms with Crippen LogP contribution in [0.3, 0.4) is 0 Å². The summed E-state index contributed by atoms with van der Waals surface area (Å²) in [6.45, 7) is 12.1. The van der Waals surface area contributed by atoms with Gasteiger partial charge in [-0.05, 0) is 39.0 Å². The molecular formula is C16H28N2O. The fraction of sp³-hybridized carbons (Fsp3) is 0.625. The van der Waals surface area contributed by atoms with Gasteiger partial charge in [-0.1, -0.05) is 32.0 Å². The molecule has 0 aromatic heterocycles. The van der Waals surface area contributed by atoms with Crippen molar-refractivity contribution in [3.05, 3.63) is 29.8 Å². The number of anilines is 1. The highest BCUT2D eigenvalue weighted by Gasteiger charge is 2.09. The van der Waals surface area contributed by atoms with Crippen LogP contribution in [0.4, 0.5) is 5.69 Å². The van der Waals surface area contributed by atoms with E-state index in [1.807, 2.05) is 18.2 Å². The minimum Gasteiger partial charge on any atom is -0.392 e. The fourth-order valence-corrected chi connectivity index (χ4v) is 2.43. The van der Waals surface area contributed by atoms with Crippen molar-refractivity contribution in [3.8, 4) is 0 Å². The van der Waals surface area contributed by atoms with E-state index in [1.165, 1.54) is 5.69 Å². The van der Waals surface area contributed by atoms with Crippen LogP contribution in [0.2, 0.25) is 0 Å². The lowest BCUT2D eigenvalue weighted by atomic mass is 10.1. The maximum absolute atomic E-state index is 9.42. The van der Waals surface area contributed by atoms with Crippen molar-refractivity contribution < 1.29 is 5.11 Å². The third-order valence-electron chi connectivity index (χ3n) is 3.68. The van der Waals surface area contributed by atoms with Crippen LogP contribution in [0.15, 0.2) is 24.3 Å². The van der Waals surface area contributed by atoms with E-state index >= 15 is 0 Å². The highest BCUT2D eigenvalue weighted by molar-refractivity contribution is 5.53. The normalized spacial score (nSPS) is 11.0. The monoisotopic (exact) mass is 264 g/mol. The number of benzene rings is 1. The third kappa shape index (κ3) is 4.84. The van der Waals surface area contributed by atoms with Gasteiger partial charge < -0.3 is 14.9 Å². The number of rotatable bonds is 9. The molecule has 0 aliphatic heterocycles. The summed E-state index contributed by atoms with van der Waals surface area (Å²) < 4.78 is 0. The Hall–Kier alpha value is -1.06. The first-order chi connectivity index (χ1) is 9.26. The van der Waals surface area contributed by atoms with Gasteiger partial charge in [0.05, 0.1) is 6.61 Å². The van der Waals surface area contributed by atoms with Gasteiger partial charge in [0.1, 0.15) is 0 Å². The zero-order valence-corrected chi connectivity index (χ0v) is 12.6. The van der Waals surface area contributed by atoms with Crippen LogP contribution in [0.25, 0.3) is 0 Å². The molecule has 1 rings (SSSR count). The summed E-state index contributed by atoms with van der Waals surface area (Å²) in [5.41, 5.74) is 2.19. The molecule has 0 fully saturated rings. The molecule has 0 heterocycles. The summed E-state index contributed by atoms with van der Waals surface area (Å²) in [4.78, 5) is 4.81. The summed E-state index contributed by atoms with van der Waals surface area (Å²) >= 11 is 0. The number of hydrogen-bond donors (Lipinski definition) is 1. The number of nitrogens with zero attached hydrogens (tertiary/aromatic N) is 2. The second-order valence-corrected chi connectivity index (χ2v) is 4.75. The minimum atomic E-state index is 0.114. The van der Waals surface area contributed by atoms with Gasteiger partial charge in [-0.2, -0.15) is 0 Å². The Labute approximate surface area is 117 Å². The zero-order chi connectivity index (χ0) is 14.1. The summed E-state index contributed by atoms with van der Waals surface area (Å²) in [5.74, 6) is 0. The Morgan fingerprint density at radius 3 is 2.21 bits per heavy atom. The first kappa shape index (κ1) is 16.0. The third-order valence-corrected chi connectivity index (χ3v) is 3.68. The van der Waals surface area contributed by atoms with Crippen molar-refractivity contribution in [2.45, 2.75) is 33.8 Å². The van der Waals surface area contributed by atoms with Crippen LogP contribution in [-0.2, 0) is 6.61 Å². The summed E-state index contributed by atoms with van der Waals surface area (Å²) in [7, 11) is 0. The van der Waals surface area contributed by atoms with Crippen molar-refractivity contribution in [3.63, 3.8) is 0 Å². The molecule has 0 radical (unpaired) electrons. The average Bonchev–Trinajstić information content (AvgIpc) is 2.48. The molecular weight excluding hydrogens is 236 g/mol. The second kappa shape index (κ2) is 8.94. The summed E-state index contributed by atoms with van der Waals surface area (Å²) in [6, 6.07) is 8.13. The van der Waals surface area contributed by atoms with Crippen molar-refractivity contribution in [2.75, 3.05) is 37.6 Å². The number of hydrogen-bond acceptors (Lipinski definition) is 3. The maximum Gasteiger partial charge on any atom is 0.0702 e. The SMILES string of the molecule is CCN(CC)CCCN(CC)c1ccccc1CO. The van der Waals surface area contributed by atoms with Gasteiger partial charge in [0, 0.05) is 24.3 Å². The average molecular weight is 264 g/mol. The number of aliphatic hydroxyl groups is 1.